The van der Waals surface area contributed by atoms with Gasteiger partial charge in [0.25, 0.3) is 11.8 Å². The molecule has 0 aliphatic carbocycles. The summed E-state index contributed by atoms with van der Waals surface area (Å²) < 4.78 is 6.47. The summed E-state index contributed by atoms with van der Waals surface area (Å²) in [4.78, 5) is 44.5. The number of nitrogens with zero attached hydrogens (tertiary/aromatic N) is 1. The Morgan fingerprint density at radius 2 is 1.72 bits per heavy atom. The maximum Gasteiger partial charge on any atom is 0.272 e. The van der Waals surface area contributed by atoms with Crippen LogP contribution < -0.4 is 20.7 Å². The van der Waals surface area contributed by atoms with E-state index < -0.39 is 17.1 Å². The summed E-state index contributed by atoms with van der Waals surface area (Å²) in [6.45, 7) is 4.31. The van der Waals surface area contributed by atoms with Crippen molar-refractivity contribution in [2.45, 2.75) is 24.0 Å². The summed E-state index contributed by atoms with van der Waals surface area (Å²) >= 11 is 15.1. The topological polar surface area (TPSA) is 109 Å². The van der Waals surface area contributed by atoms with Crippen LogP contribution in [0.5, 0.6) is 5.75 Å². The van der Waals surface area contributed by atoms with E-state index in [0.717, 1.165) is 20.9 Å². The molecule has 234 valence electrons. The minimum Gasteiger partial charge on any atom is -0.494 e. The Labute approximate surface area is 284 Å². The van der Waals surface area contributed by atoms with Crippen molar-refractivity contribution in [1.82, 2.24) is 10.3 Å². The second-order valence-corrected chi connectivity index (χ2v) is 13.1. The molecule has 0 aliphatic rings. The minimum absolute atomic E-state index is 0.00854. The lowest BCUT2D eigenvalue weighted by Gasteiger charge is -2.13. The van der Waals surface area contributed by atoms with Crippen LogP contribution in [0.2, 0.25) is 10.0 Å². The van der Waals surface area contributed by atoms with Crippen LogP contribution >= 0.6 is 46.3 Å². The molecule has 1 unspecified atom stereocenters. The maximum atomic E-state index is 13.4. The highest BCUT2D eigenvalue weighted by atomic mass is 35.5. The van der Waals surface area contributed by atoms with E-state index in [1.165, 1.54) is 29.2 Å². The molecule has 3 N–H and O–H groups in total. The molecule has 0 aliphatic heterocycles. The standard InChI is InChI=1S/C34H28Cl2N4O4S2/c1-3-44-25-13-16-28-30(19-25)46-34(39-28)40-31(41)20(2)45-26-14-11-24(12-15-26)37-33(43)29(17-22-9-10-23(35)18-27(22)36)38-32(42)21-7-5-4-6-8-21/h4-20H,3H2,1-2H3,(H,37,43)(H,38,42)(H,39,40,41)/b29-17-. The highest BCUT2D eigenvalue weighted by Crippen LogP contribution is 2.31. The summed E-state index contributed by atoms with van der Waals surface area (Å²) in [5.41, 5.74) is 2.17. The number of ether oxygens (including phenoxy) is 1. The number of thioether (sulfide) groups is 1. The number of amides is 3. The van der Waals surface area contributed by atoms with Crippen molar-refractivity contribution in [3.05, 3.63) is 118 Å². The van der Waals surface area contributed by atoms with Crippen molar-refractivity contribution >= 4 is 91.1 Å². The van der Waals surface area contributed by atoms with Crippen LogP contribution in [-0.2, 0) is 9.59 Å². The van der Waals surface area contributed by atoms with Gasteiger partial charge in [-0.05, 0) is 92.2 Å². The number of nitrogens with one attached hydrogen (secondary N) is 3. The molecule has 1 heterocycles. The Hall–Kier alpha value is -4.35. The second-order valence-electron chi connectivity index (χ2n) is 9.85. The van der Waals surface area contributed by atoms with Crippen molar-refractivity contribution < 1.29 is 19.1 Å². The predicted molar refractivity (Wildman–Crippen MR) is 188 cm³/mol. The van der Waals surface area contributed by atoms with E-state index in [1.54, 1.807) is 72.8 Å². The molecule has 5 aromatic rings. The quantitative estimate of drug-likeness (QED) is 0.0947. The van der Waals surface area contributed by atoms with Crippen LogP contribution in [0, 0.1) is 0 Å². The van der Waals surface area contributed by atoms with Crippen LogP contribution in [0.15, 0.2) is 102 Å². The molecule has 1 aromatic heterocycles. The first-order chi connectivity index (χ1) is 22.2. The van der Waals surface area contributed by atoms with Crippen molar-refractivity contribution in [1.29, 1.82) is 0 Å². The molecule has 0 saturated heterocycles. The van der Waals surface area contributed by atoms with Gasteiger partial charge >= 0.3 is 0 Å². The van der Waals surface area contributed by atoms with Crippen molar-refractivity contribution in [3.8, 4) is 5.75 Å². The number of halogens is 2. The fourth-order valence-electron chi connectivity index (χ4n) is 4.21. The Bertz CT molecular complexity index is 1910. The van der Waals surface area contributed by atoms with Gasteiger partial charge in [-0.1, -0.05) is 58.8 Å². The summed E-state index contributed by atoms with van der Waals surface area (Å²) in [6.07, 6.45) is 1.49. The molecular weight excluding hydrogens is 663 g/mol. The molecule has 1 atom stereocenters. The van der Waals surface area contributed by atoms with Gasteiger partial charge in [0.1, 0.15) is 11.4 Å². The fourth-order valence-corrected chi connectivity index (χ4v) is 6.44. The average molecular weight is 692 g/mol. The Morgan fingerprint density at radius 3 is 2.43 bits per heavy atom. The number of rotatable bonds is 11. The molecule has 0 bridgehead atoms. The number of thiazole rings is 1. The molecule has 0 spiro atoms. The first kappa shape index (κ1) is 33.0. The lowest BCUT2D eigenvalue weighted by atomic mass is 10.1. The number of carbonyl (C=O) groups is 3. The third-order valence-electron chi connectivity index (χ3n) is 6.49. The van der Waals surface area contributed by atoms with E-state index in [1.807, 2.05) is 32.0 Å². The van der Waals surface area contributed by atoms with Crippen molar-refractivity contribution in [2.24, 2.45) is 0 Å². The van der Waals surface area contributed by atoms with E-state index in [-0.39, 0.29) is 11.6 Å². The van der Waals surface area contributed by atoms with Gasteiger partial charge in [0.15, 0.2) is 5.13 Å². The predicted octanol–water partition coefficient (Wildman–Crippen LogP) is 8.53. The number of carbonyl (C=O) groups excluding carboxylic acids is 3. The molecule has 0 radical (unpaired) electrons. The van der Waals surface area contributed by atoms with Gasteiger partial charge in [0.05, 0.1) is 22.1 Å². The lowest BCUT2D eigenvalue weighted by Crippen LogP contribution is -2.30. The summed E-state index contributed by atoms with van der Waals surface area (Å²) in [7, 11) is 0. The van der Waals surface area contributed by atoms with Crippen molar-refractivity contribution in [3.63, 3.8) is 0 Å². The van der Waals surface area contributed by atoms with Crippen LogP contribution in [0.3, 0.4) is 0 Å². The van der Waals surface area contributed by atoms with Crippen LogP contribution in [-0.4, -0.2) is 34.6 Å². The van der Waals surface area contributed by atoms with Gasteiger partial charge in [0.2, 0.25) is 5.91 Å². The van der Waals surface area contributed by atoms with E-state index in [4.69, 9.17) is 27.9 Å². The van der Waals surface area contributed by atoms with Gasteiger partial charge < -0.3 is 20.7 Å². The number of hydrogen-bond donors (Lipinski definition) is 3. The molecule has 12 heteroatoms. The van der Waals surface area contributed by atoms with Crippen molar-refractivity contribution in [2.75, 3.05) is 17.2 Å². The van der Waals surface area contributed by atoms with Gasteiger partial charge in [-0.25, -0.2) is 4.98 Å². The Kier molecular flexibility index (Phi) is 11.0. The molecular formula is C34H28Cl2N4O4S2. The molecule has 0 fully saturated rings. The van der Waals surface area contributed by atoms with Crippen LogP contribution in [0.1, 0.15) is 29.8 Å². The highest BCUT2D eigenvalue weighted by molar-refractivity contribution is 8.00. The number of hydrogen-bond acceptors (Lipinski definition) is 7. The summed E-state index contributed by atoms with van der Waals surface area (Å²) in [5.74, 6) is -0.425. The zero-order chi connectivity index (χ0) is 32.6. The molecule has 5 rings (SSSR count). The smallest absolute Gasteiger partial charge is 0.272 e. The van der Waals surface area contributed by atoms with Gasteiger partial charge in [-0.2, -0.15) is 0 Å². The second kappa shape index (κ2) is 15.3. The fraction of sp³-hybridized carbons (Fsp3) is 0.118. The summed E-state index contributed by atoms with van der Waals surface area (Å²) in [6, 6.07) is 26.1. The lowest BCUT2D eigenvalue weighted by molar-refractivity contribution is -0.115. The van der Waals surface area contributed by atoms with Gasteiger partial charge in [-0.3, -0.25) is 14.4 Å². The molecule has 0 saturated carbocycles. The zero-order valence-electron chi connectivity index (χ0n) is 24.7. The largest absolute Gasteiger partial charge is 0.494 e. The van der Waals surface area contributed by atoms with E-state index in [0.29, 0.717) is 38.6 Å². The van der Waals surface area contributed by atoms with E-state index >= 15 is 0 Å². The maximum absolute atomic E-state index is 13.4. The number of anilines is 2. The third kappa shape index (κ3) is 8.67. The van der Waals surface area contributed by atoms with E-state index in [9.17, 15) is 14.4 Å². The molecule has 4 aromatic carbocycles. The SMILES string of the molecule is CCOc1ccc2nc(NC(=O)C(C)Sc3ccc(NC(=O)/C(=C/c4ccc(Cl)cc4Cl)NC(=O)c4ccccc4)cc3)sc2c1. The highest BCUT2D eigenvalue weighted by Gasteiger charge is 2.18. The molecule has 3 amide bonds. The monoisotopic (exact) mass is 690 g/mol. The minimum atomic E-state index is -0.548. The molecule has 8 nitrogen and oxygen atoms in total. The first-order valence-electron chi connectivity index (χ1n) is 14.1. The number of benzene rings is 4. The van der Waals surface area contributed by atoms with Crippen LogP contribution in [0.4, 0.5) is 10.8 Å². The Balaban J connectivity index is 1.24. The number of aromatic nitrogens is 1. The normalized spacial score (nSPS) is 12.0. The Morgan fingerprint density at radius 1 is 0.957 bits per heavy atom. The third-order valence-corrected chi connectivity index (χ3v) is 9.09. The average Bonchev–Trinajstić information content (AvgIpc) is 3.44. The zero-order valence-corrected chi connectivity index (χ0v) is 27.8. The van der Waals surface area contributed by atoms with Gasteiger partial charge in [0, 0.05) is 26.2 Å². The van der Waals surface area contributed by atoms with Gasteiger partial charge in [-0.15, -0.1) is 11.8 Å². The summed E-state index contributed by atoms with van der Waals surface area (Å²) in [5, 5.41) is 9.27. The van der Waals surface area contributed by atoms with Crippen LogP contribution in [0.25, 0.3) is 16.3 Å². The molecule has 46 heavy (non-hydrogen) atoms. The first-order valence-corrected chi connectivity index (χ1v) is 16.6. The number of fused-ring (bicyclic) bond motifs is 1. The van der Waals surface area contributed by atoms with E-state index in [2.05, 4.69) is 20.9 Å².